The molecule has 0 nitrogen and oxygen atoms in total. The number of rotatable bonds is 0. The Kier molecular flexibility index (Phi) is 203. The zero-order valence-corrected chi connectivity index (χ0v) is 8.49. The molecule has 6 heavy (non-hydrogen) atoms. The van der Waals surface area contributed by atoms with Crippen LogP contribution in [0.15, 0.2) is 0 Å². The molecule has 6 heteroatoms. The van der Waals surface area contributed by atoms with E-state index in [1.165, 1.54) is 0 Å². The molecule has 0 spiro atoms. The molecule has 1 radical (unpaired) electrons. The van der Waals surface area contributed by atoms with Crippen molar-refractivity contribution in [1.82, 2.24) is 0 Å². The Balaban J connectivity index is -0.000000000833. The molecule has 0 bridgehead atoms. The first-order valence-electron chi connectivity index (χ1n) is 0.200. The van der Waals surface area contributed by atoms with Crippen LogP contribution in [0.5, 0.6) is 0 Å². The van der Waals surface area contributed by atoms with Crippen molar-refractivity contribution in [2.75, 3.05) is 0 Å². The van der Waals surface area contributed by atoms with Gasteiger partial charge < -0.3 is 0 Å². The van der Waals surface area contributed by atoms with Gasteiger partial charge in [0.1, 0.15) is 0 Å². The van der Waals surface area contributed by atoms with Crippen LogP contribution in [0.4, 0.5) is 0 Å². The standard InChI is InChI=1S/Cu.2In.H2Se2.H2Se.6H/c;;;1-2;;;;;;;/h;;;1-2H;1H2;;;;;;. The fourth-order valence-electron chi connectivity index (χ4n) is 0. The van der Waals surface area contributed by atoms with Crippen LogP contribution in [0.2, 0.25) is 0 Å². The summed E-state index contributed by atoms with van der Waals surface area (Å²) in [5.74, 6) is 0. The van der Waals surface area contributed by atoms with Gasteiger partial charge in [-0.2, -0.15) is 0 Å². The van der Waals surface area contributed by atoms with Gasteiger partial charge in [-0.15, -0.1) is 0 Å². The van der Waals surface area contributed by atoms with Gasteiger partial charge >= 0.3 is 97.1 Å². The van der Waals surface area contributed by atoms with E-state index in [1.54, 1.807) is 0 Å². The van der Waals surface area contributed by atoms with Gasteiger partial charge in [-0.3, -0.25) is 0 Å². The van der Waals surface area contributed by atoms with Crippen molar-refractivity contribution >= 4 is 97.1 Å². The number of hydrogen-bond donors (Lipinski definition) is 0. The van der Waals surface area contributed by atoms with Gasteiger partial charge in [-0.25, -0.2) is 0 Å². The van der Waals surface area contributed by atoms with E-state index in [0.29, 0.717) is 0 Å². The SMILES string of the molecule is [Cu].[InH3].[InH3].[SeH2].[SeH][SeH]. The normalized spacial score (nSPS) is 1.00. The quantitative estimate of drug-likeness (QED) is 0.272. The van der Waals surface area contributed by atoms with Crippen LogP contribution >= 0.6 is 0 Å². The molecule has 45 valence electrons. The molecule has 0 saturated carbocycles. The molecule has 0 rings (SSSR count). The second kappa shape index (κ2) is 37.0. The minimum absolute atomic E-state index is 0. The van der Waals surface area contributed by atoms with Crippen molar-refractivity contribution in [3.63, 3.8) is 0 Å². The van der Waals surface area contributed by atoms with Gasteiger partial charge in [0.25, 0.3) is 0 Å². The fraction of sp³-hybridized carbons (Fsp3) is 0. The Morgan fingerprint density at radius 1 is 0.833 bits per heavy atom. The third kappa shape index (κ3) is 24.9. The topological polar surface area (TPSA) is 0 Å². The maximum atomic E-state index is 2.25. The molecule has 0 aliphatic rings. The van der Waals surface area contributed by atoms with Gasteiger partial charge in [-0.05, 0) is 0 Å². The average Bonchev–Trinajstić information content (AvgIpc) is 1.00. The third-order valence-electron chi connectivity index (χ3n) is 0. The summed E-state index contributed by atoms with van der Waals surface area (Å²) in [5.41, 5.74) is 0. The molecule has 0 saturated heterocycles. The van der Waals surface area contributed by atoms with E-state index in [-0.39, 0.29) is 85.8 Å². The predicted octanol–water partition coefficient (Wildman–Crippen LogP) is -4.58. The van der Waals surface area contributed by atoms with Crippen molar-refractivity contribution in [2.45, 2.75) is 0 Å². The van der Waals surface area contributed by atoms with Crippen LogP contribution in [0.3, 0.4) is 0 Å². The first-order valence-corrected chi connectivity index (χ1v) is 5.40. The zero-order chi connectivity index (χ0) is 2.00. The molecule has 0 aliphatic heterocycles. The summed E-state index contributed by atoms with van der Waals surface area (Å²) in [6, 6.07) is 0. The van der Waals surface area contributed by atoms with Crippen LogP contribution in [-0.4, -0.2) is 97.1 Å². The molecule has 0 unspecified atom stereocenters. The zero-order valence-electron chi connectivity index (χ0n) is 1.70. The molecule has 0 N–H and O–H groups in total. The molecular weight excluding hydrogens is 530 g/mol. The van der Waals surface area contributed by atoms with Crippen LogP contribution in [0.1, 0.15) is 0 Å². The Bertz CT molecular complexity index is 8.75. The molecule has 0 amide bonds. The molecule has 0 heterocycles. The third-order valence-corrected chi connectivity index (χ3v) is 0. The van der Waals surface area contributed by atoms with Crippen LogP contribution in [-0.2, 0) is 17.1 Å². The van der Waals surface area contributed by atoms with Crippen LogP contribution in [0.25, 0.3) is 0 Å². The van der Waals surface area contributed by atoms with E-state index < -0.39 is 0 Å². The van der Waals surface area contributed by atoms with E-state index in [4.69, 9.17) is 0 Å². The fourth-order valence-corrected chi connectivity index (χ4v) is 0. The first-order chi connectivity index (χ1) is 1.00. The summed E-state index contributed by atoms with van der Waals surface area (Å²) in [6.07, 6.45) is 0. The molecule has 0 aliphatic carbocycles. The van der Waals surface area contributed by atoms with Crippen LogP contribution < -0.4 is 0 Å². The van der Waals surface area contributed by atoms with Gasteiger partial charge in [0.05, 0.1) is 0 Å². The molecule has 0 aromatic carbocycles. The van der Waals surface area contributed by atoms with E-state index >= 15 is 0 Å². The van der Waals surface area contributed by atoms with E-state index in [1.807, 2.05) is 0 Å². The number of hydrogen-bond acceptors (Lipinski definition) is 0. The molecule has 0 aromatic rings. The molecule has 0 aromatic heterocycles. The summed E-state index contributed by atoms with van der Waals surface area (Å²) in [5, 5.41) is 0. The molecular formula is H10CuIn2Se3. The van der Waals surface area contributed by atoms with Gasteiger partial charge in [-0.1, -0.05) is 0 Å². The summed E-state index contributed by atoms with van der Waals surface area (Å²) in [6.45, 7) is 0. The summed E-state index contributed by atoms with van der Waals surface area (Å²) < 4.78 is 0. The maximum absolute atomic E-state index is 2.25. The van der Waals surface area contributed by atoms with Crippen molar-refractivity contribution < 1.29 is 17.1 Å². The Hall–Kier alpha value is 3.82. The monoisotopic (exact) mass is 543 g/mol. The summed E-state index contributed by atoms with van der Waals surface area (Å²) >= 11 is 4.50. The summed E-state index contributed by atoms with van der Waals surface area (Å²) in [7, 11) is 0. The second-order valence-electron chi connectivity index (χ2n) is 0. The van der Waals surface area contributed by atoms with E-state index in [0.717, 1.165) is 0 Å². The Morgan fingerprint density at radius 2 is 0.833 bits per heavy atom. The molecule has 0 fully saturated rings. The van der Waals surface area contributed by atoms with E-state index in [9.17, 15) is 0 Å². The predicted molar refractivity (Wildman–Crippen MR) is 42.7 cm³/mol. The average molecular weight is 540 g/mol. The minimum atomic E-state index is 0. The van der Waals surface area contributed by atoms with Gasteiger partial charge in [0.2, 0.25) is 0 Å². The van der Waals surface area contributed by atoms with Crippen molar-refractivity contribution in [3.8, 4) is 0 Å². The molecule has 0 atom stereocenters. The van der Waals surface area contributed by atoms with Crippen molar-refractivity contribution in [1.29, 1.82) is 0 Å². The van der Waals surface area contributed by atoms with Crippen molar-refractivity contribution in [3.05, 3.63) is 0 Å². The first kappa shape index (κ1) is 32.9. The Morgan fingerprint density at radius 3 is 0.833 bits per heavy atom. The summed E-state index contributed by atoms with van der Waals surface area (Å²) in [4.78, 5) is 0. The van der Waals surface area contributed by atoms with E-state index in [2.05, 4.69) is 28.4 Å². The van der Waals surface area contributed by atoms with Gasteiger partial charge in [0, 0.05) is 17.1 Å². The second-order valence-corrected chi connectivity index (χ2v) is 0. The Labute approximate surface area is 112 Å². The van der Waals surface area contributed by atoms with Crippen molar-refractivity contribution in [2.24, 2.45) is 0 Å². The van der Waals surface area contributed by atoms with Gasteiger partial charge in [0.15, 0.2) is 0 Å². The van der Waals surface area contributed by atoms with Crippen LogP contribution in [0, 0.1) is 0 Å².